The first kappa shape index (κ1) is 19.1. The van der Waals surface area contributed by atoms with E-state index in [1.165, 1.54) is 19.5 Å². The summed E-state index contributed by atoms with van der Waals surface area (Å²) in [5.41, 5.74) is 3.27. The molecule has 1 aromatic heterocycles. The number of nitrogens with one attached hydrogen (secondary N) is 1. The van der Waals surface area contributed by atoms with Crippen molar-refractivity contribution in [1.82, 2.24) is 9.78 Å². The van der Waals surface area contributed by atoms with Gasteiger partial charge in [-0.1, -0.05) is 23.2 Å². The maximum Gasteiger partial charge on any atom is 0.287 e. The van der Waals surface area contributed by atoms with Gasteiger partial charge in [0.25, 0.3) is 5.56 Å². The van der Waals surface area contributed by atoms with Gasteiger partial charge in [-0.15, -0.1) is 0 Å². The fraction of sp³-hybridized carbons (Fsp3) is 0.312. The molecule has 1 N–H and O–H groups in total. The molecule has 0 amide bonds. The predicted molar refractivity (Wildman–Crippen MR) is 99.5 cm³/mol. The summed E-state index contributed by atoms with van der Waals surface area (Å²) in [6.07, 6.45) is 2.94. The van der Waals surface area contributed by atoms with Gasteiger partial charge in [-0.05, 0) is 31.5 Å². The SMILES string of the molecule is CCOc1cc(/C=N\Nc2cnn(C)c(=O)c2Cl)cc(Cl)c1OCC. The Hall–Kier alpha value is -2.25. The maximum absolute atomic E-state index is 11.7. The number of rotatable bonds is 7. The Bertz CT molecular complexity index is 837. The predicted octanol–water partition coefficient (Wildman–Crippen LogP) is 3.33. The second-order valence-corrected chi connectivity index (χ2v) is 5.65. The number of hydrogen-bond acceptors (Lipinski definition) is 6. The van der Waals surface area contributed by atoms with Crippen molar-refractivity contribution < 1.29 is 9.47 Å². The largest absolute Gasteiger partial charge is 0.490 e. The minimum atomic E-state index is -0.412. The highest BCUT2D eigenvalue weighted by atomic mass is 35.5. The summed E-state index contributed by atoms with van der Waals surface area (Å²) < 4.78 is 12.2. The van der Waals surface area contributed by atoms with Crippen molar-refractivity contribution in [2.75, 3.05) is 18.6 Å². The highest BCUT2D eigenvalue weighted by Gasteiger charge is 2.11. The van der Waals surface area contributed by atoms with Crippen LogP contribution in [0.4, 0.5) is 5.69 Å². The van der Waals surface area contributed by atoms with Crippen LogP contribution < -0.4 is 20.5 Å². The number of anilines is 1. The fourth-order valence-corrected chi connectivity index (χ4v) is 2.46. The Morgan fingerprint density at radius 2 is 2.00 bits per heavy atom. The van der Waals surface area contributed by atoms with Crippen molar-refractivity contribution in [2.45, 2.75) is 13.8 Å². The van der Waals surface area contributed by atoms with Crippen molar-refractivity contribution in [3.05, 3.63) is 44.3 Å². The number of aromatic nitrogens is 2. The van der Waals surface area contributed by atoms with Crippen LogP contribution in [0.2, 0.25) is 10.0 Å². The molecule has 25 heavy (non-hydrogen) atoms. The van der Waals surface area contributed by atoms with E-state index in [-0.39, 0.29) is 5.02 Å². The Kier molecular flexibility index (Phi) is 6.66. The van der Waals surface area contributed by atoms with Gasteiger partial charge in [0.15, 0.2) is 11.5 Å². The molecule has 2 aromatic rings. The van der Waals surface area contributed by atoms with Crippen molar-refractivity contribution >= 4 is 35.1 Å². The Morgan fingerprint density at radius 3 is 2.68 bits per heavy atom. The van der Waals surface area contributed by atoms with Gasteiger partial charge in [0, 0.05) is 7.05 Å². The molecule has 7 nitrogen and oxygen atoms in total. The Morgan fingerprint density at radius 1 is 1.28 bits per heavy atom. The van der Waals surface area contributed by atoms with Crippen molar-refractivity contribution in [1.29, 1.82) is 0 Å². The lowest BCUT2D eigenvalue weighted by molar-refractivity contribution is 0.288. The van der Waals surface area contributed by atoms with Crippen LogP contribution in [-0.4, -0.2) is 29.2 Å². The minimum absolute atomic E-state index is 0.00869. The quantitative estimate of drug-likeness (QED) is 0.584. The zero-order valence-electron chi connectivity index (χ0n) is 14.0. The highest BCUT2D eigenvalue weighted by Crippen LogP contribution is 2.36. The Balaban J connectivity index is 2.23. The molecule has 1 heterocycles. The second kappa shape index (κ2) is 8.73. The number of nitrogens with zero attached hydrogens (tertiary/aromatic N) is 3. The zero-order valence-corrected chi connectivity index (χ0v) is 15.6. The van der Waals surface area contributed by atoms with E-state index >= 15 is 0 Å². The second-order valence-electron chi connectivity index (χ2n) is 4.87. The minimum Gasteiger partial charge on any atom is -0.490 e. The molecule has 134 valence electrons. The standard InChI is InChI=1S/C16H18Cl2N4O3/c1-4-24-13-7-10(6-11(17)15(13)25-5-2)8-19-21-12-9-20-22(3)16(23)14(12)18/h6-9,21H,4-5H2,1-3H3/b19-8-. The topological polar surface area (TPSA) is 77.7 Å². The Labute approximate surface area is 155 Å². The molecular weight excluding hydrogens is 367 g/mol. The third-order valence-electron chi connectivity index (χ3n) is 3.10. The molecule has 0 fully saturated rings. The molecule has 0 saturated heterocycles. The van der Waals surface area contributed by atoms with Gasteiger partial charge in [-0.25, -0.2) is 4.68 Å². The van der Waals surface area contributed by atoms with Gasteiger partial charge >= 0.3 is 0 Å². The average molecular weight is 385 g/mol. The normalized spacial score (nSPS) is 10.9. The van der Waals surface area contributed by atoms with Gasteiger partial charge in [-0.3, -0.25) is 10.2 Å². The van der Waals surface area contributed by atoms with E-state index in [1.54, 1.807) is 12.1 Å². The van der Waals surface area contributed by atoms with E-state index in [4.69, 9.17) is 32.7 Å². The first-order valence-electron chi connectivity index (χ1n) is 7.57. The maximum atomic E-state index is 11.7. The molecule has 0 radical (unpaired) electrons. The van der Waals surface area contributed by atoms with E-state index in [0.29, 0.717) is 41.0 Å². The van der Waals surface area contributed by atoms with Gasteiger partial charge in [-0.2, -0.15) is 10.2 Å². The molecule has 0 aliphatic carbocycles. The van der Waals surface area contributed by atoms with Gasteiger partial charge in [0.1, 0.15) is 10.7 Å². The fourth-order valence-electron chi connectivity index (χ4n) is 1.97. The molecule has 0 spiro atoms. The number of hydrazone groups is 1. The molecule has 0 aliphatic heterocycles. The van der Waals surface area contributed by atoms with Crippen LogP contribution in [0.1, 0.15) is 19.4 Å². The molecule has 0 aliphatic rings. The number of benzene rings is 1. The lowest BCUT2D eigenvalue weighted by Gasteiger charge is -2.13. The molecule has 0 atom stereocenters. The van der Waals surface area contributed by atoms with E-state index in [9.17, 15) is 4.79 Å². The first-order valence-corrected chi connectivity index (χ1v) is 8.33. The van der Waals surface area contributed by atoms with Gasteiger partial charge in [0.05, 0.1) is 30.6 Å². The van der Waals surface area contributed by atoms with E-state index < -0.39 is 5.56 Å². The molecule has 2 rings (SSSR count). The van der Waals surface area contributed by atoms with Gasteiger partial charge < -0.3 is 9.47 Å². The third kappa shape index (κ3) is 4.64. The molecule has 1 aromatic carbocycles. The zero-order chi connectivity index (χ0) is 18.4. The van der Waals surface area contributed by atoms with Crippen LogP contribution in [0.25, 0.3) is 0 Å². The molecule has 0 saturated carbocycles. The van der Waals surface area contributed by atoms with Crippen molar-refractivity contribution in [3.8, 4) is 11.5 Å². The van der Waals surface area contributed by atoms with Gasteiger partial charge in [0.2, 0.25) is 0 Å². The summed E-state index contributed by atoms with van der Waals surface area (Å²) in [5, 5.41) is 8.36. The van der Waals surface area contributed by atoms with Crippen LogP contribution in [0.5, 0.6) is 11.5 Å². The highest BCUT2D eigenvalue weighted by molar-refractivity contribution is 6.33. The molecule has 9 heteroatoms. The number of ether oxygens (including phenoxy) is 2. The number of aryl methyl sites for hydroxylation is 1. The third-order valence-corrected chi connectivity index (χ3v) is 3.74. The smallest absolute Gasteiger partial charge is 0.287 e. The summed E-state index contributed by atoms with van der Waals surface area (Å²) in [6.45, 7) is 4.69. The average Bonchev–Trinajstić information content (AvgIpc) is 2.58. The van der Waals surface area contributed by atoms with E-state index in [2.05, 4.69) is 15.6 Å². The van der Waals surface area contributed by atoms with E-state index in [0.717, 1.165) is 4.68 Å². The van der Waals surface area contributed by atoms with Crippen LogP contribution in [-0.2, 0) is 7.05 Å². The lowest BCUT2D eigenvalue weighted by Crippen LogP contribution is -2.20. The summed E-state index contributed by atoms with van der Waals surface area (Å²) >= 11 is 12.2. The number of halogens is 2. The first-order chi connectivity index (χ1) is 12.0. The number of hydrogen-bond donors (Lipinski definition) is 1. The van der Waals surface area contributed by atoms with E-state index in [1.807, 2.05) is 13.8 Å². The summed E-state index contributed by atoms with van der Waals surface area (Å²) in [6, 6.07) is 3.46. The summed E-state index contributed by atoms with van der Waals surface area (Å²) in [4.78, 5) is 11.7. The molecule has 0 bridgehead atoms. The van der Waals surface area contributed by atoms with Crippen LogP contribution in [0.15, 0.2) is 28.2 Å². The van der Waals surface area contributed by atoms with Crippen LogP contribution in [0.3, 0.4) is 0 Å². The summed E-state index contributed by atoms with van der Waals surface area (Å²) in [7, 11) is 1.51. The van der Waals surface area contributed by atoms with Crippen molar-refractivity contribution in [2.24, 2.45) is 12.1 Å². The van der Waals surface area contributed by atoms with Crippen molar-refractivity contribution in [3.63, 3.8) is 0 Å². The van der Waals surface area contributed by atoms with Crippen LogP contribution in [0, 0.1) is 0 Å². The lowest BCUT2D eigenvalue weighted by atomic mass is 10.2. The summed E-state index contributed by atoms with van der Waals surface area (Å²) in [5.74, 6) is 1.03. The molecule has 0 unspecified atom stereocenters. The monoisotopic (exact) mass is 384 g/mol. The van der Waals surface area contributed by atoms with Crippen LogP contribution >= 0.6 is 23.2 Å². The molecular formula is C16H18Cl2N4O3.